The zero-order valence-corrected chi connectivity index (χ0v) is 12.3. The van der Waals surface area contributed by atoms with Gasteiger partial charge in [0.15, 0.2) is 0 Å². The van der Waals surface area contributed by atoms with Gasteiger partial charge in [-0.1, -0.05) is 0 Å². The van der Waals surface area contributed by atoms with Gasteiger partial charge in [0.1, 0.15) is 10.7 Å². The third-order valence-electron chi connectivity index (χ3n) is 3.92. The summed E-state index contributed by atoms with van der Waals surface area (Å²) in [5.74, 6) is -0.240. The molecule has 2 aliphatic rings. The number of hydrogen-bond donors (Lipinski definition) is 1. The highest BCUT2D eigenvalue weighted by Gasteiger charge is 2.42. The average Bonchev–Trinajstić information content (AvgIpc) is 3.24. The molecule has 3 rings (SSSR count). The molecule has 1 aromatic carbocycles. The van der Waals surface area contributed by atoms with Gasteiger partial charge in [0, 0.05) is 18.3 Å². The van der Waals surface area contributed by atoms with Gasteiger partial charge >= 0.3 is 0 Å². The SMILES string of the molecule is Cc1cc(N)cc(S(=O)(=O)N(CC2CC2)C2CC2)c1F. The number of nitrogens with two attached hydrogens (primary N) is 1. The van der Waals surface area contributed by atoms with Crippen molar-refractivity contribution in [1.82, 2.24) is 4.31 Å². The van der Waals surface area contributed by atoms with E-state index in [1.54, 1.807) is 0 Å². The maximum Gasteiger partial charge on any atom is 0.246 e. The fourth-order valence-electron chi connectivity index (χ4n) is 2.44. The Morgan fingerprint density at radius 1 is 1.30 bits per heavy atom. The highest BCUT2D eigenvalue weighted by molar-refractivity contribution is 7.89. The Morgan fingerprint density at radius 2 is 1.95 bits per heavy atom. The molecule has 2 saturated carbocycles. The minimum atomic E-state index is -3.79. The van der Waals surface area contributed by atoms with E-state index in [2.05, 4.69) is 0 Å². The second-order valence-electron chi connectivity index (χ2n) is 5.90. The van der Waals surface area contributed by atoms with Crippen LogP contribution in [-0.4, -0.2) is 25.3 Å². The van der Waals surface area contributed by atoms with Crippen LogP contribution in [-0.2, 0) is 10.0 Å². The van der Waals surface area contributed by atoms with E-state index in [1.165, 1.54) is 23.4 Å². The largest absolute Gasteiger partial charge is 0.399 e. The summed E-state index contributed by atoms with van der Waals surface area (Å²) in [6, 6.07) is 2.73. The van der Waals surface area contributed by atoms with Crippen molar-refractivity contribution in [1.29, 1.82) is 0 Å². The van der Waals surface area contributed by atoms with Gasteiger partial charge in [-0.3, -0.25) is 0 Å². The van der Waals surface area contributed by atoms with Crippen LogP contribution >= 0.6 is 0 Å². The quantitative estimate of drug-likeness (QED) is 0.848. The number of aryl methyl sites for hydroxylation is 1. The highest BCUT2D eigenvalue weighted by atomic mass is 32.2. The Balaban J connectivity index is 2.01. The monoisotopic (exact) mass is 298 g/mol. The number of sulfonamides is 1. The minimum Gasteiger partial charge on any atom is -0.399 e. The van der Waals surface area contributed by atoms with Crippen molar-refractivity contribution in [2.45, 2.75) is 43.5 Å². The first kappa shape index (κ1) is 13.8. The Hall–Kier alpha value is -1.14. The van der Waals surface area contributed by atoms with Gasteiger partial charge in [0.25, 0.3) is 0 Å². The van der Waals surface area contributed by atoms with Crippen molar-refractivity contribution < 1.29 is 12.8 Å². The lowest BCUT2D eigenvalue weighted by Gasteiger charge is -2.22. The standard InChI is InChI=1S/C14H19FN2O2S/c1-9-6-11(16)7-13(14(9)15)20(18,19)17(12-4-5-12)8-10-2-3-10/h6-7,10,12H,2-5,8,16H2,1H3. The van der Waals surface area contributed by atoms with Crippen LogP contribution in [0.15, 0.2) is 17.0 Å². The molecule has 0 amide bonds. The molecule has 0 atom stereocenters. The van der Waals surface area contributed by atoms with Gasteiger partial charge in [0.2, 0.25) is 10.0 Å². The summed E-state index contributed by atoms with van der Waals surface area (Å²) in [7, 11) is -3.79. The molecule has 4 nitrogen and oxygen atoms in total. The number of benzene rings is 1. The molecular weight excluding hydrogens is 279 g/mol. The highest BCUT2D eigenvalue weighted by Crippen LogP contribution is 2.38. The number of hydrogen-bond acceptors (Lipinski definition) is 3. The van der Waals surface area contributed by atoms with E-state index in [0.29, 0.717) is 12.5 Å². The van der Waals surface area contributed by atoms with Gasteiger partial charge in [-0.15, -0.1) is 0 Å². The zero-order valence-electron chi connectivity index (χ0n) is 11.5. The molecule has 0 radical (unpaired) electrons. The molecule has 1 aromatic rings. The van der Waals surface area contributed by atoms with Crippen LogP contribution in [0.25, 0.3) is 0 Å². The van der Waals surface area contributed by atoms with E-state index in [-0.39, 0.29) is 22.2 Å². The lowest BCUT2D eigenvalue weighted by atomic mass is 10.2. The van der Waals surface area contributed by atoms with Crippen molar-refractivity contribution in [2.24, 2.45) is 5.92 Å². The number of rotatable bonds is 5. The van der Waals surface area contributed by atoms with Crippen molar-refractivity contribution in [2.75, 3.05) is 12.3 Å². The van der Waals surface area contributed by atoms with Crippen molar-refractivity contribution in [3.05, 3.63) is 23.5 Å². The normalized spacial score (nSPS) is 19.6. The van der Waals surface area contributed by atoms with Crippen molar-refractivity contribution in [3.63, 3.8) is 0 Å². The van der Waals surface area contributed by atoms with Crippen LogP contribution in [0.4, 0.5) is 10.1 Å². The van der Waals surface area contributed by atoms with Crippen LogP contribution in [0.3, 0.4) is 0 Å². The number of anilines is 1. The van der Waals surface area contributed by atoms with E-state index in [9.17, 15) is 12.8 Å². The minimum absolute atomic E-state index is 0.0433. The van der Waals surface area contributed by atoms with Crippen molar-refractivity contribution in [3.8, 4) is 0 Å². The maximum atomic E-state index is 14.2. The van der Waals surface area contributed by atoms with Gasteiger partial charge in [-0.05, 0) is 56.2 Å². The Bertz CT molecular complexity index is 637. The molecule has 2 N–H and O–H groups in total. The fraction of sp³-hybridized carbons (Fsp3) is 0.571. The molecule has 0 saturated heterocycles. The summed E-state index contributed by atoms with van der Waals surface area (Å²) < 4.78 is 41.2. The summed E-state index contributed by atoms with van der Waals surface area (Å²) in [6.07, 6.45) is 3.87. The van der Waals surface area contributed by atoms with Gasteiger partial charge in [-0.25, -0.2) is 12.8 Å². The Labute approximate surface area is 118 Å². The third-order valence-corrected chi connectivity index (χ3v) is 5.84. The molecule has 2 aliphatic carbocycles. The maximum absolute atomic E-state index is 14.2. The average molecular weight is 298 g/mol. The Morgan fingerprint density at radius 3 is 2.50 bits per heavy atom. The zero-order chi connectivity index (χ0) is 14.5. The molecule has 0 aliphatic heterocycles. The van der Waals surface area contributed by atoms with E-state index in [1.807, 2.05) is 0 Å². The van der Waals surface area contributed by atoms with Crippen LogP contribution in [0.5, 0.6) is 0 Å². The molecule has 2 fully saturated rings. The molecule has 0 aromatic heterocycles. The van der Waals surface area contributed by atoms with E-state index in [0.717, 1.165) is 25.7 Å². The van der Waals surface area contributed by atoms with Crippen LogP contribution < -0.4 is 5.73 Å². The van der Waals surface area contributed by atoms with E-state index >= 15 is 0 Å². The summed E-state index contributed by atoms with van der Waals surface area (Å²) in [5, 5.41) is 0. The number of nitrogen functional groups attached to an aromatic ring is 1. The lowest BCUT2D eigenvalue weighted by molar-refractivity contribution is 0.386. The van der Waals surface area contributed by atoms with Crippen LogP contribution in [0.1, 0.15) is 31.2 Å². The predicted octanol–water partition coefficient (Wildman–Crippen LogP) is 2.28. The van der Waals surface area contributed by atoms with Crippen LogP contribution in [0, 0.1) is 18.7 Å². The van der Waals surface area contributed by atoms with Gasteiger partial charge < -0.3 is 5.73 Å². The summed E-state index contributed by atoms with van der Waals surface area (Å²) in [5.41, 5.74) is 6.23. The molecule has 0 unspecified atom stereocenters. The number of nitrogens with zero attached hydrogens (tertiary/aromatic N) is 1. The first-order valence-electron chi connectivity index (χ1n) is 6.97. The summed E-state index contributed by atoms with van der Waals surface area (Å²) in [6.45, 7) is 2.05. The molecule has 0 spiro atoms. The first-order chi connectivity index (χ1) is 9.39. The smallest absolute Gasteiger partial charge is 0.246 e. The second kappa shape index (κ2) is 4.70. The molecule has 20 heavy (non-hydrogen) atoms. The van der Waals surface area contributed by atoms with Crippen molar-refractivity contribution >= 4 is 15.7 Å². The molecule has 6 heteroatoms. The Kier molecular flexibility index (Phi) is 3.25. The molecule has 0 bridgehead atoms. The van der Waals surface area contributed by atoms with E-state index in [4.69, 9.17) is 5.73 Å². The second-order valence-corrected chi connectivity index (χ2v) is 7.76. The van der Waals surface area contributed by atoms with E-state index < -0.39 is 15.8 Å². The fourth-order valence-corrected chi connectivity index (χ4v) is 4.37. The third kappa shape index (κ3) is 2.54. The number of halogens is 1. The van der Waals surface area contributed by atoms with Gasteiger partial charge in [-0.2, -0.15) is 4.31 Å². The predicted molar refractivity (Wildman–Crippen MR) is 75.2 cm³/mol. The topological polar surface area (TPSA) is 63.4 Å². The lowest BCUT2D eigenvalue weighted by Crippen LogP contribution is -2.35. The molecule has 0 heterocycles. The van der Waals surface area contributed by atoms with Gasteiger partial charge in [0.05, 0.1) is 0 Å². The van der Waals surface area contributed by atoms with Crippen LogP contribution in [0.2, 0.25) is 0 Å². The molecule has 110 valence electrons. The first-order valence-corrected chi connectivity index (χ1v) is 8.41. The summed E-state index contributed by atoms with van der Waals surface area (Å²) in [4.78, 5) is -0.275. The molecular formula is C14H19FN2O2S. The summed E-state index contributed by atoms with van der Waals surface area (Å²) >= 11 is 0.